The number of aromatic nitrogens is 2. The van der Waals surface area contributed by atoms with Gasteiger partial charge in [0, 0.05) is 36.9 Å². The molecule has 30 heavy (non-hydrogen) atoms. The topological polar surface area (TPSA) is 58.4 Å². The number of thiazole rings is 1. The quantitative estimate of drug-likeness (QED) is 0.460. The molecular weight excluding hydrogens is 416 g/mol. The van der Waals surface area contributed by atoms with Gasteiger partial charge in [0.25, 0.3) is 11.8 Å². The molecule has 0 saturated carbocycles. The summed E-state index contributed by atoms with van der Waals surface area (Å²) in [6.07, 6.45) is 2.91. The zero-order chi connectivity index (χ0) is 21.5. The van der Waals surface area contributed by atoms with E-state index in [2.05, 4.69) is 16.5 Å². The monoisotopic (exact) mass is 444 g/mol. The molecule has 0 N–H and O–H groups in total. The predicted molar refractivity (Wildman–Crippen MR) is 122 cm³/mol. The van der Waals surface area contributed by atoms with E-state index in [-0.39, 0.29) is 11.8 Å². The summed E-state index contributed by atoms with van der Waals surface area (Å²) in [4.78, 5) is 34.4. The van der Waals surface area contributed by atoms with E-state index < -0.39 is 0 Å². The molecule has 0 spiro atoms. The van der Waals surface area contributed by atoms with Crippen LogP contribution in [0.4, 0.5) is 0 Å². The van der Waals surface area contributed by atoms with Crippen molar-refractivity contribution in [3.05, 3.63) is 62.5 Å². The molecule has 8 heteroatoms. The van der Waals surface area contributed by atoms with Crippen LogP contribution in [0.5, 0.6) is 0 Å². The lowest BCUT2D eigenvalue weighted by Gasteiger charge is -2.22. The first-order valence-electron chi connectivity index (χ1n) is 10.3. The van der Waals surface area contributed by atoms with Crippen molar-refractivity contribution in [3.63, 3.8) is 0 Å². The third-order valence-electron chi connectivity index (χ3n) is 4.92. The van der Waals surface area contributed by atoms with Crippen molar-refractivity contribution in [2.45, 2.75) is 40.3 Å². The third-order valence-corrected chi connectivity index (χ3v) is 6.61. The number of hydrogen-bond donors (Lipinski definition) is 0. The Bertz CT molecular complexity index is 958. The highest BCUT2D eigenvalue weighted by molar-refractivity contribution is 7.12. The van der Waals surface area contributed by atoms with E-state index in [9.17, 15) is 9.59 Å². The predicted octanol–water partition coefficient (Wildman–Crippen LogP) is 4.59. The third kappa shape index (κ3) is 5.17. The number of nitrogens with zero attached hydrogens (tertiary/aromatic N) is 4. The maximum Gasteiger partial charge on any atom is 0.273 e. The summed E-state index contributed by atoms with van der Waals surface area (Å²) in [7, 11) is 0. The average Bonchev–Trinajstić information content (AvgIpc) is 3.51. The van der Waals surface area contributed by atoms with E-state index >= 15 is 0 Å². The lowest BCUT2D eigenvalue weighted by Crippen LogP contribution is -2.31. The van der Waals surface area contributed by atoms with E-state index in [0.29, 0.717) is 38.4 Å². The molecule has 0 aliphatic rings. The van der Waals surface area contributed by atoms with Crippen molar-refractivity contribution in [1.29, 1.82) is 0 Å². The Morgan fingerprint density at radius 2 is 1.83 bits per heavy atom. The minimum atomic E-state index is -0.0223. The van der Waals surface area contributed by atoms with Crippen molar-refractivity contribution in [3.8, 4) is 0 Å². The SMILES string of the molecule is CCCN(Cc1cccn1Cc1nc(C(=O)N(CC)CC)cs1)C(=O)c1cccs1. The number of rotatable bonds is 10. The van der Waals surface area contributed by atoms with Crippen molar-refractivity contribution in [1.82, 2.24) is 19.4 Å². The molecule has 0 aromatic carbocycles. The van der Waals surface area contributed by atoms with Crippen LogP contribution in [0.2, 0.25) is 0 Å². The van der Waals surface area contributed by atoms with E-state index in [1.807, 2.05) is 60.0 Å². The van der Waals surface area contributed by atoms with E-state index in [1.54, 1.807) is 4.90 Å². The van der Waals surface area contributed by atoms with Crippen molar-refractivity contribution in [2.75, 3.05) is 19.6 Å². The minimum absolute atomic E-state index is 0.0223. The molecule has 0 radical (unpaired) electrons. The van der Waals surface area contributed by atoms with Crippen LogP contribution in [0.25, 0.3) is 0 Å². The minimum Gasteiger partial charge on any atom is -0.343 e. The number of amides is 2. The molecule has 3 rings (SSSR count). The van der Waals surface area contributed by atoms with Gasteiger partial charge in [-0.1, -0.05) is 13.0 Å². The van der Waals surface area contributed by atoms with Gasteiger partial charge in [-0.25, -0.2) is 4.98 Å². The van der Waals surface area contributed by atoms with Gasteiger partial charge < -0.3 is 14.4 Å². The Balaban J connectivity index is 1.72. The second-order valence-corrected chi connectivity index (χ2v) is 8.83. The maximum atomic E-state index is 12.9. The lowest BCUT2D eigenvalue weighted by atomic mass is 10.3. The van der Waals surface area contributed by atoms with Crippen molar-refractivity contribution < 1.29 is 9.59 Å². The largest absolute Gasteiger partial charge is 0.343 e. The van der Waals surface area contributed by atoms with Crippen LogP contribution in [-0.2, 0) is 13.1 Å². The summed E-state index contributed by atoms with van der Waals surface area (Å²) in [6.45, 7) is 9.23. The molecule has 0 bridgehead atoms. The molecule has 6 nitrogen and oxygen atoms in total. The zero-order valence-corrected chi connectivity index (χ0v) is 19.3. The van der Waals surface area contributed by atoms with E-state index in [4.69, 9.17) is 0 Å². The highest BCUT2D eigenvalue weighted by Gasteiger charge is 2.19. The molecular formula is C22H28N4O2S2. The van der Waals surface area contributed by atoms with Crippen LogP contribution in [0.15, 0.2) is 41.2 Å². The maximum absolute atomic E-state index is 12.9. The molecule has 0 atom stereocenters. The lowest BCUT2D eigenvalue weighted by molar-refractivity contribution is 0.0742. The van der Waals surface area contributed by atoms with Crippen molar-refractivity contribution >= 4 is 34.5 Å². The fourth-order valence-electron chi connectivity index (χ4n) is 3.32. The molecule has 0 unspecified atom stereocenters. The fourth-order valence-corrected chi connectivity index (χ4v) is 4.78. The van der Waals surface area contributed by atoms with Gasteiger partial charge in [-0.2, -0.15) is 0 Å². The molecule has 0 saturated heterocycles. The standard InChI is InChI=1S/C22H28N4O2S2/c1-4-11-26(22(28)19-10-8-13-29-19)14-17-9-7-12-25(17)15-20-23-18(16-30-20)21(27)24(5-2)6-3/h7-10,12-13,16H,4-6,11,14-15H2,1-3H3. The van der Waals surface area contributed by atoms with Crippen LogP contribution in [0.3, 0.4) is 0 Å². The molecule has 160 valence electrons. The molecule has 3 aromatic heterocycles. The summed E-state index contributed by atoms with van der Waals surface area (Å²) < 4.78 is 2.11. The van der Waals surface area contributed by atoms with Gasteiger partial charge in [0.1, 0.15) is 10.7 Å². The highest BCUT2D eigenvalue weighted by atomic mass is 32.1. The van der Waals surface area contributed by atoms with Crippen LogP contribution < -0.4 is 0 Å². The number of carbonyl (C=O) groups excluding carboxylic acids is 2. The first-order valence-corrected chi connectivity index (χ1v) is 12.0. The van der Waals surface area contributed by atoms with E-state index in [1.165, 1.54) is 22.7 Å². The fraction of sp³-hybridized carbons (Fsp3) is 0.409. The Hall–Kier alpha value is -2.45. The normalized spacial score (nSPS) is 10.9. The Labute approximate surface area is 185 Å². The summed E-state index contributed by atoms with van der Waals surface area (Å²) in [5.41, 5.74) is 1.56. The Kier molecular flexibility index (Phi) is 7.81. The van der Waals surface area contributed by atoms with Crippen LogP contribution in [-0.4, -0.2) is 50.8 Å². The summed E-state index contributed by atoms with van der Waals surface area (Å²) >= 11 is 2.97. The first kappa shape index (κ1) is 22.2. The molecule has 2 amide bonds. The first-order chi connectivity index (χ1) is 14.6. The van der Waals surface area contributed by atoms with Gasteiger partial charge in [-0.15, -0.1) is 22.7 Å². The highest BCUT2D eigenvalue weighted by Crippen LogP contribution is 2.18. The van der Waals surface area contributed by atoms with Crippen molar-refractivity contribution in [2.24, 2.45) is 0 Å². The second kappa shape index (κ2) is 10.5. The molecule has 3 aromatic rings. The summed E-state index contributed by atoms with van der Waals surface area (Å²) in [6, 6.07) is 7.81. The Morgan fingerprint density at radius 1 is 1.03 bits per heavy atom. The molecule has 3 heterocycles. The van der Waals surface area contributed by atoms with E-state index in [0.717, 1.165) is 22.0 Å². The molecule has 0 aliphatic heterocycles. The average molecular weight is 445 g/mol. The van der Waals surface area contributed by atoms with Gasteiger partial charge in [-0.3, -0.25) is 9.59 Å². The number of carbonyl (C=O) groups is 2. The number of hydrogen-bond acceptors (Lipinski definition) is 5. The molecule has 0 aliphatic carbocycles. The van der Waals surface area contributed by atoms with Crippen LogP contribution >= 0.6 is 22.7 Å². The van der Waals surface area contributed by atoms with Gasteiger partial charge >= 0.3 is 0 Å². The molecule has 0 fully saturated rings. The second-order valence-electron chi connectivity index (χ2n) is 6.94. The van der Waals surface area contributed by atoms with Crippen LogP contribution in [0.1, 0.15) is 58.1 Å². The summed E-state index contributed by atoms with van der Waals surface area (Å²) in [5.74, 6) is 0.0480. The van der Waals surface area contributed by atoms with Gasteiger partial charge in [0.2, 0.25) is 0 Å². The van der Waals surface area contributed by atoms with Gasteiger partial charge in [-0.05, 0) is 43.8 Å². The number of thiophene rings is 1. The summed E-state index contributed by atoms with van der Waals surface area (Å²) in [5, 5.41) is 4.65. The smallest absolute Gasteiger partial charge is 0.273 e. The van der Waals surface area contributed by atoms with Gasteiger partial charge in [0.15, 0.2) is 0 Å². The van der Waals surface area contributed by atoms with Gasteiger partial charge in [0.05, 0.1) is 18.0 Å². The van der Waals surface area contributed by atoms with Crippen LogP contribution in [0, 0.1) is 0 Å². The zero-order valence-electron chi connectivity index (χ0n) is 17.7. The Morgan fingerprint density at radius 3 is 2.50 bits per heavy atom.